The van der Waals surface area contributed by atoms with Gasteiger partial charge in [0.25, 0.3) is 0 Å². The number of nitrogens with zero attached hydrogens (tertiary/aromatic N) is 1. The molecule has 2 nitrogen and oxygen atoms in total. The summed E-state index contributed by atoms with van der Waals surface area (Å²) >= 11 is 11.7. The predicted octanol–water partition coefficient (Wildman–Crippen LogP) is 3.47. The Hall–Kier alpha value is -0.130. The van der Waals surface area contributed by atoms with Gasteiger partial charge in [-0.2, -0.15) is 0 Å². The lowest BCUT2D eigenvalue weighted by molar-refractivity contribution is 0.144. The maximum Gasteiger partial charge on any atom is 0.148 e. The van der Waals surface area contributed by atoms with E-state index in [4.69, 9.17) is 23.2 Å². The fraction of sp³-hybridized carbons (Fsp3) is 0.500. The average molecular weight is 332 g/mol. The number of piperazine rings is 1. The summed E-state index contributed by atoms with van der Waals surface area (Å²) in [6, 6.07) is 2.22. The Balaban J connectivity index is 0.00000180. The third-order valence-corrected chi connectivity index (χ3v) is 3.77. The molecule has 0 spiro atoms. The van der Waals surface area contributed by atoms with Crippen LogP contribution in [-0.4, -0.2) is 37.8 Å². The third-order valence-electron chi connectivity index (χ3n) is 3.15. The molecule has 7 heteroatoms. The van der Waals surface area contributed by atoms with E-state index in [2.05, 4.69) is 5.32 Å². The van der Waals surface area contributed by atoms with Gasteiger partial charge in [-0.05, 0) is 12.1 Å². The molecule has 0 unspecified atom stereocenters. The average Bonchev–Trinajstić information content (AvgIpc) is 2.40. The van der Waals surface area contributed by atoms with Crippen LogP contribution in [0.25, 0.3) is 0 Å². The first-order valence-electron chi connectivity index (χ1n) is 5.79. The van der Waals surface area contributed by atoms with Gasteiger partial charge in [0, 0.05) is 36.8 Å². The Morgan fingerprint density at radius 1 is 1.21 bits per heavy atom. The van der Waals surface area contributed by atoms with E-state index in [1.165, 1.54) is 12.1 Å². The monoisotopic (exact) mass is 330 g/mol. The van der Waals surface area contributed by atoms with Crippen molar-refractivity contribution >= 4 is 35.6 Å². The van der Waals surface area contributed by atoms with E-state index in [9.17, 15) is 8.78 Å². The quantitative estimate of drug-likeness (QED) is 0.853. The van der Waals surface area contributed by atoms with Gasteiger partial charge in [-0.1, -0.05) is 23.2 Å². The molecule has 19 heavy (non-hydrogen) atoms. The molecular formula is C12H15Cl3F2N2. The summed E-state index contributed by atoms with van der Waals surface area (Å²) in [4.78, 5) is 1.89. The maximum absolute atomic E-state index is 14.0. The van der Waals surface area contributed by atoms with E-state index >= 15 is 0 Å². The lowest BCUT2D eigenvalue weighted by Gasteiger charge is -2.34. The van der Waals surface area contributed by atoms with Crippen LogP contribution in [0.4, 0.5) is 8.78 Å². The van der Waals surface area contributed by atoms with Crippen LogP contribution in [0, 0.1) is 5.82 Å². The van der Waals surface area contributed by atoms with Gasteiger partial charge in [0.05, 0.1) is 11.1 Å². The summed E-state index contributed by atoms with van der Waals surface area (Å²) in [5, 5.41) is 3.36. The van der Waals surface area contributed by atoms with E-state index < -0.39 is 18.5 Å². The molecule has 0 saturated carbocycles. The molecule has 0 aromatic heterocycles. The zero-order valence-corrected chi connectivity index (χ0v) is 12.5. The van der Waals surface area contributed by atoms with Gasteiger partial charge < -0.3 is 5.32 Å². The second-order valence-electron chi connectivity index (χ2n) is 4.21. The van der Waals surface area contributed by atoms with Crippen molar-refractivity contribution in [3.63, 3.8) is 0 Å². The first kappa shape index (κ1) is 16.9. The fourth-order valence-electron chi connectivity index (χ4n) is 2.20. The minimum atomic E-state index is -0.684. The second kappa shape index (κ2) is 7.60. The molecule has 1 saturated heterocycles. The highest BCUT2D eigenvalue weighted by Gasteiger charge is 2.27. The largest absolute Gasteiger partial charge is 0.314 e. The van der Waals surface area contributed by atoms with Crippen LogP contribution in [-0.2, 0) is 0 Å². The molecule has 0 bridgehead atoms. The second-order valence-corrected chi connectivity index (χ2v) is 5.03. The van der Waals surface area contributed by atoms with Crippen molar-refractivity contribution in [2.75, 3.05) is 32.9 Å². The van der Waals surface area contributed by atoms with Crippen LogP contribution >= 0.6 is 35.6 Å². The molecule has 1 atom stereocenters. The van der Waals surface area contributed by atoms with Gasteiger partial charge in [-0.3, -0.25) is 4.90 Å². The molecule has 1 fully saturated rings. The first-order valence-corrected chi connectivity index (χ1v) is 6.55. The molecular weight excluding hydrogens is 317 g/mol. The number of nitrogens with one attached hydrogen (secondary N) is 1. The normalized spacial score (nSPS) is 17.9. The number of benzene rings is 1. The summed E-state index contributed by atoms with van der Waals surface area (Å²) in [5.41, 5.74) is 0.161. The van der Waals surface area contributed by atoms with E-state index in [1.54, 1.807) is 0 Å². The SMILES string of the molecule is Cl.FC[C@H](c1c(Cl)ccc(Cl)c1F)N1CCNCC1. The zero-order valence-electron chi connectivity index (χ0n) is 10.1. The Labute approximate surface area is 127 Å². The molecule has 2 rings (SSSR count). The zero-order chi connectivity index (χ0) is 13.1. The smallest absolute Gasteiger partial charge is 0.148 e. The van der Waals surface area contributed by atoms with E-state index in [-0.39, 0.29) is 28.0 Å². The molecule has 1 aromatic rings. The molecule has 1 N–H and O–H groups in total. The van der Waals surface area contributed by atoms with Crippen molar-refractivity contribution in [2.24, 2.45) is 0 Å². The van der Waals surface area contributed by atoms with Crippen LogP contribution < -0.4 is 5.32 Å². The maximum atomic E-state index is 14.0. The minimum Gasteiger partial charge on any atom is -0.314 e. The highest BCUT2D eigenvalue weighted by Crippen LogP contribution is 2.34. The molecule has 1 aliphatic rings. The summed E-state index contributed by atoms with van der Waals surface area (Å²) in [5.74, 6) is -0.620. The summed E-state index contributed by atoms with van der Waals surface area (Å²) in [6.45, 7) is 2.16. The Kier molecular flexibility index (Phi) is 6.77. The molecule has 0 aliphatic carbocycles. The standard InChI is InChI=1S/C12H14Cl2F2N2.ClH/c13-8-1-2-9(14)12(16)11(8)10(7-15)18-5-3-17-4-6-18;/h1-2,10,17H,3-7H2;1H/t10-;/m1./s1. The van der Waals surface area contributed by atoms with E-state index in [1.807, 2.05) is 4.90 Å². The molecule has 0 amide bonds. The number of halogens is 5. The molecule has 1 heterocycles. The van der Waals surface area contributed by atoms with E-state index in [0.717, 1.165) is 13.1 Å². The molecule has 1 aliphatic heterocycles. The van der Waals surface area contributed by atoms with Crippen molar-refractivity contribution in [2.45, 2.75) is 6.04 Å². The Morgan fingerprint density at radius 3 is 2.37 bits per heavy atom. The summed E-state index contributed by atoms with van der Waals surface area (Å²) in [6.07, 6.45) is 0. The lowest BCUT2D eigenvalue weighted by atomic mass is 10.0. The van der Waals surface area contributed by atoms with Gasteiger partial charge in [0.1, 0.15) is 12.5 Å². The summed E-state index contributed by atoms with van der Waals surface area (Å²) < 4.78 is 27.3. The molecule has 1 aromatic carbocycles. The number of rotatable bonds is 3. The van der Waals surface area contributed by atoms with Crippen molar-refractivity contribution in [1.29, 1.82) is 0 Å². The number of hydrogen-bond donors (Lipinski definition) is 1. The summed E-state index contributed by atoms with van der Waals surface area (Å²) in [7, 11) is 0. The van der Waals surface area contributed by atoms with Crippen molar-refractivity contribution in [1.82, 2.24) is 10.2 Å². The van der Waals surface area contributed by atoms with Gasteiger partial charge >= 0.3 is 0 Å². The lowest BCUT2D eigenvalue weighted by Crippen LogP contribution is -2.46. The fourth-order valence-corrected chi connectivity index (χ4v) is 2.64. The van der Waals surface area contributed by atoms with Crippen molar-refractivity contribution in [3.05, 3.63) is 33.6 Å². The van der Waals surface area contributed by atoms with E-state index in [0.29, 0.717) is 13.1 Å². The predicted molar refractivity (Wildman–Crippen MR) is 76.8 cm³/mol. The van der Waals surface area contributed by atoms with Crippen LogP contribution in [0.3, 0.4) is 0 Å². The minimum absolute atomic E-state index is 0. The van der Waals surface area contributed by atoms with Gasteiger partial charge in [0.15, 0.2) is 0 Å². The van der Waals surface area contributed by atoms with Gasteiger partial charge in [-0.25, -0.2) is 8.78 Å². The van der Waals surface area contributed by atoms with Crippen molar-refractivity contribution in [3.8, 4) is 0 Å². The van der Waals surface area contributed by atoms with Gasteiger partial charge in [-0.15, -0.1) is 12.4 Å². The molecule has 108 valence electrons. The number of hydrogen-bond acceptors (Lipinski definition) is 2. The Bertz CT molecular complexity index is 426. The van der Waals surface area contributed by atoms with Crippen LogP contribution in [0.15, 0.2) is 12.1 Å². The number of alkyl halides is 1. The third kappa shape index (κ3) is 3.70. The first-order chi connectivity index (χ1) is 8.65. The Morgan fingerprint density at radius 2 is 1.79 bits per heavy atom. The van der Waals surface area contributed by atoms with Crippen molar-refractivity contribution < 1.29 is 8.78 Å². The van der Waals surface area contributed by atoms with Crippen LogP contribution in [0.5, 0.6) is 0 Å². The highest BCUT2D eigenvalue weighted by atomic mass is 35.5. The van der Waals surface area contributed by atoms with Crippen LogP contribution in [0.1, 0.15) is 11.6 Å². The van der Waals surface area contributed by atoms with Gasteiger partial charge in [0.2, 0.25) is 0 Å². The molecule has 0 radical (unpaired) electrons. The topological polar surface area (TPSA) is 15.3 Å². The highest BCUT2D eigenvalue weighted by molar-refractivity contribution is 6.33. The van der Waals surface area contributed by atoms with Crippen LogP contribution in [0.2, 0.25) is 10.0 Å².